The van der Waals surface area contributed by atoms with E-state index >= 15 is 0 Å². The Morgan fingerprint density at radius 1 is 1.07 bits per heavy atom. The average Bonchev–Trinajstić information content (AvgIpc) is 2.67. The van der Waals surface area contributed by atoms with Crippen LogP contribution in [0.25, 0.3) is 0 Å². The fourth-order valence-corrected chi connectivity index (χ4v) is 3.10. The standard InChI is InChI=1S/C21H25NO4S/c1-3-25-18-8-10-19(11-9-18)27-15-21(24)26-14-20(23)22-13-12-17-7-5-4-6-16(17)2/h4-11H,3,12-15H2,1-2H3,(H,22,23). The van der Waals surface area contributed by atoms with Crippen LogP contribution in [0.1, 0.15) is 18.1 Å². The lowest BCUT2D eigenvalue weighted by Crippen LogP contribution is -2.30. The van der Waals surface area contributed by atoms with Crippen LogP contribution in [0.2, 0.25) is 0 Å². The topological polar surface area (TPSA) is 64.6 Å². The highest BCUT2D eigenvalue weighted by Gasteiger charge is 2.08. The molecule has 0 saturated heterocycles. The molecule has 0 fully saturated rings. The molecule has 2 aromatic rings. The summed E-state index contributed by atoms with van der Waals surface area (Å²) < 4.78 is 10.4. The van der Waals surface area contributed by atoms with Gasteiger partial charge in [-0.05, 0) is 55.7 Å². The molecule has 5 nitrogen and oxygen atoms in total. The summed E-state index contributed by atoms with van der Waals surface area (Å²) in [4.78, 5) is 24.5. The van der Waals surface area contributed by atoms with Crippen molar-refractivity contribution in [3.8, 4) is 5.75 Å². The van der Waals surface area contributed by atoms with Gasteiger partial charge in [0, 0.05) is 11.4 Å². The second-order valence-electron chi connectivity index (χ2n) is 5.88. The van der Waals surface area contributed by atoms with E-state index in [1.807, 2.05) is 62.4 Å². The zero-order valence-corrected chi connectivity index (χ0v) is 16.5. The van der Waals surface area contributed by atoms with Gasteiger partial charge in [0.05, 0.1) is 12.4 Å². The minimum atomic E-state index is -0.414. The zero-order valence-electron chi connectivity index (χ0n) is 15.7. The van der Waals surface area contributed by atoms with Gasteiger partial charge in [-0.3, -0.25) is 9.59 Å². The smallest absolute Gasteiger partial charge is 0.316 e. The number of carbonyl (C=O) groups excluding carboxylic acids is 2. The molecular weight excluding hydrogens is 362 g/mol. The Kier molecular flexibility index (Phi) is 8.71. The molecule has 0 aliphatic rings. The van der Waals surface area contributed by atoms with Crippen LogP contribution in [-0.2, 0) is 20.7 Å². The molecule has 144 valence electrons. The quantitative estimate of drug-likeness (QED) is 0.500. The monoisotopic (exact) mass is 387 g/mol. The van der Waals surface area contributed by atoms with Crippen molar-refractivity contribution in [1.82, 2.24) is 5.32 Å². The van der Waals surface area contributed by atoms with Crippen molar-refractivity contribution in [2.45, 2.75) is 25.2 Å². The van der Waals surface area contributed by atoms with E-state index < -0.39 is 5.97 Å². The van der Waals surface area contributed by atoms with Crippen LogP contribution in [0.5, 0.6) is 5.75 Å². The van der Waals surface area contributed by atoms with Crippen LogP contribution < -0.4 is 10.1 Å². The first-order chi connectivity index (χ1) is 13.1. The van der Waals surface area contributed by atoms with Crippen molar-refractivity contribution in [3.05, 3.63) is 59.7 Å². The number of nitrogens with one attached hydrogen (secondary N) is 1. The molecule has 6 heteroatoms. The Labute approximate surface area is 164 Å². The average molecular weight is 388 g/mol. The molecule has 0 heterocycles. The lowest BCUT2D eigenvalue weighted by atomic mass is 10.1. The zero-order chi connectivity index (χ0) is 19.5. The highest BCUT2D eigenvalue weighted by molar-refractivity contribution is 8.00. The Morgan fingerprint density at radius 3 is 2.52 bits per heavy atom. The summed E-state index contributed by atoms with van der Waals surface area (Å²) >= 11 is 1.36. The Morgan fingerprint density at radius 2 is 1.81 bits per heavy atom. The van der Waals surface area contributed by atoms with E-state index in [0.717, 1.165) is 17.1 Å². The van der Waals surface area contributed by atoms with Crippen molar-refractivity contribution in [2.75, 3.05) is 25.5 Å². The van der Waals surface area contributed by atoms with Crippen LogP contribution in [0, 0.1) is 6.92 Å². The molecule has 0 aromatic heterocycles. The number of ether oxygens (including phenoxy) is 2. The van der Waals surface area contributed by atoms with Gasteiger partial charge in [-0.25, -0.2) is 0 Å². The van der Waals surface area contributed by atoms with Gasteiger partial charge in [-0.1, -0.05) is 24.3 Å². The minimum absolute atomic E-state index is 0.157. The van der Waals surface area contributed by atoms with E-state index in [1.54, 1.807) is 0 Å². The van der Waals surface area contributed by atoms with Gasteiger partial charge in [0.1, 0.15) is 5.75 Å². The van der Waals surface area contributed by atoms with Crippen LogP contribution in [-0.4, -0.2) is 37.4 Å². The molecule has 0 atom stereocenters. The molecule has 0 unspecified atom stereocenters. The predicted octanol–water partition coefficient (Wildman–Crippen LogP) is 3.39. The van der Waals surface area contributed by atoms with Gasteiger partial charge in [-0.2, -0.15) is 0 Å². The normalized spacial score (nSPS) is 10.3. The third-order valence-electron chi connectivity index (χ3n) is 3.83. The molecule has 0 radical (unpaired) electrons. The SMILES string of the molecule is CCOc1ccc(SCC(=O)OCC(=O)NCCc2ccccc2C)cc1. The van der Waals surface area contributed by atoms with Gasteiger partial charge >= 0.3 is 5.97 Å². The molecule has 2 rings (SSSR count). The molecule has 27 heavy (non-hydrogen) atoms. The minimum Gasteiger partial charge on any atom is -0.494 e. The van der Waals surface area contributed by atoms with E-state index in [-0.39, 0.29) is 18.3 Å². The number of amides is 1. The number of thioether (sulfide) groups is 1. The van der Waals surface area contributed by atoms with E-state index in [0.29, 0.717) is 13.2 Å². The van der Waals surface area contributed by atoms with E-state index in [9.17, 15) is 9.59 Å². The van der Waals surface area contributed by atoms with Crippen molar-refractivity contribution >= 4 is 23.6 Å². The first-order valence-corrected chi connectivity index (χ1v) is 9.89. The van der Waals surface area contributed by atoms with Crippen LogP contribution in [0.3, 0.4) is 0 Å². The largest absolute Gasteiger partial charge is 0.494 e. The molecular formula is C21H25NO4S. The number of carbonyl (C=O) groups is 2. The van der Waals surface area contributed by atoms with Gasteiger partial charge < -0.3 is 14.8 Å². The van der Waals surface area contributed by atoms with Gasteiger partial charge in [0.25, 0.3) is 5.91 Å². The van der Waals surface area contributed by atoms with E-state index in [2.05, 4.69) is 5.32 Å². The highest BCUT2D eigenvalue weighted by atomic mass is 32.2. The third kappa shape index (κ3) is 7.74. The van der Waals surface area contributed by atoms with Crippen LogP contribution in [0.15, 0.2) is 53.4 Å². The summed E-state index contributed by atoms with van der Waals surface area (Å²) in [6.07, 6.45) is 0.750. The molecule has 2 aromatic carbocycles. The van der Waals surface area contributed by atoms with E-state index in [4.69, 9.17) is 9.47 Å². The molecule has 1 N–H and O–H groups in total. The number of hydrogen-bond donors (Lipinski definition) is 1. The summed E-state index contributed by atoms with van der Waals surface area (Å²) in [5.74, 6) is 0.252. The number of rotatable bonds is 10. The lowest BCUT2D eigenvalue weighted by Gasteiger charge is -2.08. The predicted molar refractivity (Wildman–Crippen MR) is 107 cm³/mol. The molecule has 0 spiro atoms. The first-order valence-electron chi connectivity index (χ1n) is 8.91. The van der Waals surface area contributed by atoms with E-state index in [1.165, 1.54) is 22.9 Å². The Hall–Kier alpha value is -2.47. The third-order valence-corrected chi connectivity index (χ3v) is 4.82. The molecule has 0 bridgehead atoms. The number of esters is 1. The molecule has 1 amide bonds. The summed E-state index contributed by atoms with van der Waals surface area (Å²) in [6.45, 7) is 4.85. The fraction of sp³-hybridized carbons (Fsp3) is 0.333. The number of hydrogen-bond acceptors (Lipinski definition) is 5. The van der Waals surface area contributed by atoms with Gasteiger partial charge in [0.2, 0.25) is 0 Å². The molecule has 0 saturated carbocycles. The summed E-state index contributed by atoms with van der Waals surface area (Å²) in [6, 6.07) is 15.6. The second kappa shape index (κ2) is 11.3. The van der Waals surface area contributed by atoms with Crippen molar-refractivity contribution in [1.29, 1.82) is 0 Å². The lowest BCUT2D eigenvalue weighted by molar-refractivity contribution is -0.145. The van der Waals surface area contributed by atoms with Gasteiger partial charge in [0.15, 0.2) is 6.61 Å². The van der Waals surface area contributed by atoms with Crippen molar-refractivity contribution in [3.63, 3.8) is 0 Å². The molecule has 0 aliphatic heterocycles. The maximum atomic E-state index is 11.8. The summed E-state index contributed by atoms with van der Waals surface area (Å²) in [5, 5.41) is 2.77. The molecule has 0 aliphatic carbocycles. The van der Waals surface area contributed by atoms with Crippen molar-refractivity contribution in [2.24, 2.45) is 0 Å². The first kappa shape index (κ1) is 20.8. The van der Waals surface area contributed by atoms with Crippen molar-refractivity contribution < 1.29 is 19.1 Å². The summed E-state index contributed by atoms with van der Waals surface area (Å²) in [7, 11) is 0. The van der Waals surface area contributed by atoms with Crippen LogP contribution >= 0.6 is 11.8 Å². The highest BCUT2D eigenvalue weighted by Crippen LogP contribution is 2.21. The Bertz CT molecular complexity index is 746. The Balaban J connectivity index is 1.61. The van der Waals surface area contributed by atoms with Crippen LogP contribution in [0.4, 0.5) is 0 Å². The fourth-order valence-electron chi connectivity index (χ4n) is 2.41. The summed E-state index contributed by atoms with van der Waals surface area (Å²) in [5.41, 5.74) is 2.39. The maximum Gasteiger partial charge on any atom is 0.316 e. The van der Waals surface area contributed by atoms with Gasteiger partial charge in [-0.15, -0.1) is 11.8 Å². The second-order valence-corrected chi connectivity index (χ2v) is 6.93. The number of benzene rings is 2. The number of aryl methyl sites for hydroxylation is 1. The maximum absolute atomic E-state index is 11.8.